The molecule has 11 nitrogen and oxygen atoms in total. The van der Waals surface area contributed by atoms with Gasteiger partial charge in [0.2, 0.25) is 18.6 Å². The molecule has 12 heteroatoms. The summed E-state index contributed by atoms with van der Waals surface area (Å²) in [6.45, 7) is 2.16. The molecule has 1 aromatic carbocycles. The molecule has 3 aromatic rings. The van der Waals surface area contributed by atoms with Crippen LogP contribution in [0.15, 0.2) is 37.4 Å². The van der Waals surface area contributed by atoms with E-state index in [1.807, 2.05) is 12.1 Å². The highest BCUT2D eigenvalue weighted by Gasteiger charge is 2.15. The number of nitrogens with one attached hydrogen (secondary N) is 3. The van der Waals surface area contributed by atoms with Crippen molar-refractivity contribution in [2.45, 2.75) is 25.1 Å². The number of benzene rings is 1. The predicted octanol–water partition coefficient (Wildman–Crippen LogP) is 0.483. The molecule has 0 saturated heterocycles. The minimum Gasteiger partial charge on any atom is -0.454 e. The molecule has 4 rings (SSSR count). The summed E-state index contributed by atoms with van der Waals surface area (Å²) in [5.74, 6) is 1.44. The molecule has 156 valence electrons. The van der Waals surface area contributed by atoms with Gasteiger partial charge in [0.25, 0.3) is 10.8 Å². The Labute approximate surface area is 173 Å². The highest BCUT2D eigenvalue weighted by molar-refractivity contribution is 7.99. The molecule has 0 spiro atoms. The summed E-state index contributed by atoms with van der Waals surface area (Å²) in [6.07, 6.45) is 0.0712. The minimum absolute atomic E-state index is 0.0712. The van der Waals surface area contributed by atoms with Crippen molar-refractivity contribution in [2.24, 2.45) is 0 Å². The molecule has 1 aliphatic rings. The zero-order valence-electron chi connectivity index (χ0n) is 15.8. The number of aryl methyl sites for hydroxylation is 1. The summed E-state index contributed by atoms with van der Waals surface area (Å²) in [5.41, 5.74) is 0.566. The molecule has 1 aliphatic heterocycles. The highest BCUT2D eigenvalue weighted by Crippen LogP contribution is 2.32. The Bertz CT molecular complexity index is 1200. The Morgan fingerprint density at radius 3 is 2.87 bits per heavy atom. The van der Waals surface area contributed by atoms with E-state index in [4.69, 9.17) is 13.9 Å². The van der Waals surface area contributed by atoms with Gasteiger partial charge in [-0.15, -0.1) is 10.2 Å². The first-order chi connectivity index (χ1) is 14.5. The van der Waals surface area contributed by atoms with Crippen molar-refractivity contribution in [2.75, 3.05) is 12.5 Å². The molecule has 0 bridgehead atoms. The maximum Gasteiger partial charge on any atom is 0.325 e. The van der Waals surface area contributed by atoms with Crippen LogP contribution in [-0.2, 0) is 17.8 Å². The molecule has 0 unspecified atom stereocenters. The average molecular weight is 431 g/mol. The van der Waals surface area contributed by atoms with E-state index in [0.717, 1.165) is 17.3 Å². The topological polar surface area (TPSA) is 152 Å². The number of nitrogens with zero attached hydrogens (tertiary/aromatic N) is 2. The lowest BCUT2D eigenvalue weighted by Crippen LogP contribution is -2.27. The zero-order chi connectivity index (χ0) is 21.1. The van der Waals surface area contributed by atoms with E-state index in [0.29, 0.717) is 29.3 Å². The van der Waals surface area contributed by atoms with Crippen LogP contribution in [0.2, 0.25) is 0 Å². The molecular formula is C18H17N5O6S. The van der Waals surface area contributed by atoms with Crippen LogP contribution in [0.4, 0.5) is 0 Å². The first kappa shape index (κ1) is 19.8. The summed E-state index contributed by atoms with van der Waals surface area (Å²) >= 11 is 1.09. The number of rotatable bonds is 7. The normalized spacial score (nSPS) is 12.2. The third-order valence-corrected chi connectivity index (χ3v) is 5.10. The van der Waals surface area contributed by atoms with Gasteiger partial charge in [0.1, 0.15) is 0 Å². The first-order valence-electron chi connectivity index (χ1n) is 8.90. The molecule has 3 heterocycles. The van der Waals surface area contributed by atoms with Gasteiger partial charge < -0.3 is 24.2 Å². The summed E-state index contributed by atoms with van der Waals surface area (Å²) in [7, 11) is 0. The minimum atomic E-state index is -0.574. The predicted molar refractivity (Wildman–Crippen MR) is 105 cm³/mol. The van der Waals surface area contributed by atoms with Gasteiger partial charge in [-0.1, -0.05) is 17.8 Å². The number of H-pyrrole nitrogens is 2. The monoisotopic (exact) mass is 431 g/mol. The largest absolute Gasteiger partial charge is 0.454 e. The van der Waals surface area contributed by atoms with E-state index in [9.17, 15) is 14.4 Å². The summed E-state index contributed by atoms with van der Waals surface area (Å²) < 4.78 is 16.0. The van der Waals surface area contributed by atoms with Crippen LogP contribution in [0.3, 0.4) is 0 Å². The number of ether oxygens (including phenoxy) is 2. The lowest BCUT2D eigenvalue weighted by molar-refractivity contribution is -0.118. The molecule has 2 aromatic heterocycles. The molecule has 0 fully saturated rings. The standard InChI is InChI=1S/C18H17N5O6S/c1-9-11(16(25)21-17(26)20-9)5-15-22-23-18(29-15)30-7-14(24)19-6-10-2-3-12-13(4-10)28-8-27-12/h2-4H,5-8H2,1H3,(H,19,24)(H2,20,21,25,26). The first-order valence-corrected chi connectivity index (χ1v) is 9.89. The van der Waals surface area contributed by atoms with Crippen molar-refractivity contribution in [3.63, 3.8) is 0 Å². The number of aromatic nitrogens is 4. The van der Waals surface area contributed by atoms with Gasteiger partial charge in [-0.2, -0.15) is 0 Å². The van der Waals surface area contributed by atoms with Gasteiger partial charge >= 0.3 is 5.69 Å². The fraction of sp³-hybridized carbons (Fsp3) is 0.278. The second-order valence-corrected chi connectivity index (χ2v) is 7.33. The maximum atomic E-state index is 12.1. The van der Waals surface area contributed by atoms with E-state index >= 15 is 0 Å². The van der Waals surface area contributed by atoms with Crippen molar-refractivity contribution in [3.05, 3.63) is 61.7 Å². The molecule has 3 N–H and O–H groups in total. The Hall–Kier alpha value is -3.54. The third kappa shape index (κ3) is 4.54. The number of carbonyl (C=O) groups is 1. The van der Waals surface area contributed by atoms with Crippen LogP contribution in [0.1, 0.15) is 22.7 Å². The average Bonchev–Trinajstić information content (AvgIpc) is 3.36. The van der Waals surface area contributed by atoms with Crippen LogP contribution in [0.5, 0.6) is 11.5 Å². The molecule has 0 saturated carbocycles. The molecule has 0 radical (unpaired) electrons. The van der Waals surface area contributed by atoms with Gasteiger partial charge in [0, 0.05) is 17.8 Å². The second-order valence-electron chi connectivity index (χ2n) is 6.40. The van der Waals surface area contributed by atoms with E-state index < -0.39 is 11.2 Å². The van der Waals surface area contributed by atoms with Crippen molar-refractivity contribution in [1.29, 1.82) is 0 Å². The molecule has 0 atom stereocenters. The molecule has 0 aliphatic carbocycles. The van der Waals surface area contributed by atoms with Crippen molar-refractivity contribution < 1.29 is 18.7 Å². The van der Waals surface area contributed by atoms with Crippen LogP contribution in [0.25, 0.3) is 0 Å². The lowest BCUT2D eigenvalue weighted by atomic mass is 10.2. The van der Waals surface area contributed by atoms with Crippen LogP contribution in [0, 0.1) is 6.92 Å². The molecule has 30 heavy (non-hydrogen) atoms. The maximum absolute atomic E-state index is 12.1. The fourth-order valence-corrected chi connectivity index (χ4v) is 3.40. The van der Waals surface area contributed by atoms with Crippen LogP contribution < -0.4 is 26.0 Å². The smallest absolute Gasteiger partial charge is 0.325 e. The van der Waals surface area contributed by atoms with Gasteiger partial charge in [-0.25, -0.2) is 4.79 Å². The second kappa shape index (κ2) is 8.45. The van der Waals surface area contributed by atoms with E-state index in [-0.39, 0.29) is 36.0 Å². The number of carbonyl (C=O) groups excluding carboxylic acids is 1. The van der Waals surface area contributed by atoms with Crippen LogP contribution >= 0.6 is 11.8 Å². The number of amides is 1. The lowest BCUT2D eigenvalue weighted by Gasteiger charge is -2.05. The van der Waals surface area contributed by atoms with Crippen molar-refractivity contribution in [3.8, 4) is 11.5 Å². The number of fused-ring (bicyclic) bond motifs is 1. The van der Waals surface area contributed by atoms with E-state index in [2.05, 4.69) is 25.5 Å². The summed E-state index contributed by atoms with van der Waals surface area (Å²) in [6, 6.07) is 5.47. The van der Waals surface area contributed by atoms with E-state index in [1.165, 1.54) is 0 Å². The number of hydrogen-bond acceptors (Lipinski definition) is 9. The Morgan fingerprint density at radius 2 is 2.03 bits per heavy atom. The zero-order valence-corrected chi connectivity index (χ0v) is 16.6. The van der Waals surface area contributed by atoms with Gasteiger partial charge in [-0.05, 0) is 24.6 Å². The number of thioether (sulfide) groups is 1. The third-order valence-electron chi connectivity index (χ3n) is 4.28. The fourth-order valence-electron chi connectivity index (χ4n) is 2.79. The quantitative estimate of drug-likeness (QED) is 0.454. The number of hydrogen-bond donors (Lipinski definition) is 3. The van der Waals surface area contributed by atoms with E-state index in [1.54, 1.807) is 13.0 Å². The van der Waals surface area contributed by atoms with Gasteiger partial charge in [-0.3, -0.25) is 14.6 Å². The SMILES string of the molecule is Cc1[nH]c(=O)[nH]c(=O)c1Cc1nnc(SCC(=O)NCc2ccc3c(c2)OCO3)o1. The highest BCUT2D eigenvalue weighted by atomic mass is 32.2. The van der Waals surface area contributed by atoms with Gasteiger partial charge in [0.15, 0.2) is 11.5 Å². The van der Waals surface area contributed by atoms with Crippen molar-refractivity contribution >= 4 is 17.7 Å². The van der Waals surface area contributed by atoms with Gasteiger partial charge in [0.05, 0.1) is 12.2 Å². The molecular weight excluding hydrogens is 414 g/mol. The van der Waals surface area contributed by atoms with Crippen LogP contribution in [-0.4, -0.2) is 38.6 Å². The number of aromatic amines is 2. The van der Waals surface area contributed by atoms with Crippen molar-refractivity contribution in [1.82, 2.24) is 25.5 Å². The summed E-state index contributed by atoms with van der Waals surface area (Å²) in [5, 5.41) is 10.8. The molecule has 1 amide bonds. The Kier molecular flexibility index (Phi) is 5.57. The Balaban J connectivity index is 1.28. The summed E-state index contributed by atoms with van der Waals surface area (Å²) in [4.78, 5) is 39.9. The Morgan fingerprint density at radius 1 is 1.20 bits per heavy atom.